The lowest BCUT2D eigenvalue weighted by Crippen LogP contribution is -2.06. The van der Waals surface area contributed by atoms with Crippen molar-refractivity contribution >= 4 is 28.8 Å². The number of thiophene rings is 1. The van der Waals surface area contributed by atoms with Gasteiger partial charge in [-0.1, -0.05) is 6.92 Å². The van der Waals surface area contributed by atoms with Crippen molar-refractivity contribution in [3.8, 4) is 0 Å². The van der Waals surface area contributed by atoms with Crippen LogP contribution in [-0.2, 0) is 0 Å². The van der Waals surface area contributed by atoms with Gasteiger partial charge in [0.25, 0.3) is 0 Å². The largest absolute Gasteiger partial charge is 0.354 e. The first-order valence-electron chi connectivity index (χ1n) is 5.66. The van der Waals surface area contributed by atoms with Gasteiger partial charge in [0.2, 0.25) is 5.95 Å². The molecular weight excluding hydrogens is 232 g/mol. The van der Waals surface area contributed by atoms with Crippen molar-refractivity contribution in [2.75, 3.05) is 17.2 Å². The second kappa shape index (κ2) is 5.63. The van der Waals surface area contributed by atoms with Crippen LogP contribution in [0.25, 0.3) is 0 Å². The number of anilines is 3. The zero-order valence-corrected chi connectivity index (χ0v) is 10.8. The molecule has 0 aromatic carbocycles. The summed E-state index contributed by atoms with van der Waals surface area (Å²) < 4.78 is 0. The van der Waals surface area contributed by atoms with Crippen molar-refractivity contribution in [3.63, 3.8) is 0 Å². The molecule has 0 fully saturated rings. The third-order valence-corrected chi connectivity index (χ3v) is 2.97. The fourth-order valence-electron chi connectivity index (χ4n) is 1.36. The van der Waals surface area contributed by atoms with Crippen molar-refractivity contribution in [3.05, 3.63) is 28.6 Å². The summed E-state index contributed by atoms with van der Waals surface area (Å²) in [6.45, 7) is 5.00. The number of nitrogens with one attached hydrogen (secondary N) is 2. The van der Waals surface area contributed by atoms with Crippen LogP contribution in [0.15, 0.2) is 23.0 Å². The summed E-state index contributed by atoms with van der Waals surface area (Å²) in [7, 11) is 0. The summed E-state index contributed by atoms with van der Waals surface area (Å²) in [6, 6.07) is 2.03. The van der Waals surface area contributed by atoms with Crippen molar-refractivity contribution in [1.29, 1.82) is 0 Å². The Kier molecular flexibility index (Phi) is 3.93. The molecule has 2 N–H and O–H groups in total. The van der Waals surface area contributed by atoms with Gasteiger partial charge in [-0.25, -0.2) is 4.98 Å². The smallest absolute Gasteiger partial charge is 0.224 e. The fourth-order valence-corrected chi connectivity index (χ4v) is 1.95. The second-order valence-corrected chi connectivity index (χ2v) is 4.57. The van der Waals surface area contributed by atoms with E-state index in [1.165, 1.54) is 0 Å². The van der Waals surface area contributed by atoms with Gasteiger partial charge in [-0.3, -0.25) is 0 Å². The van der Waals surface area contributed by atoms with Crippen LogP contribution in [0.5, 0.6) is 0 Å². The van der Waals surface area contributed by atoms with E-state index in [4.69, 9.17) is 0 Å². The number of nitrogens with zero attached hydrogens (tertiary/aromatic N) is 2. The van der Waals surface area contributed by atoms with E-state index in [0.717, 1.165) is 30.0 Å². The summed E-state index contributed by atoms with van der Waals surface area (Å²) in [5, 5.41) is 10.6. The minimum Gasteiger partial charge on any atom is -0.354 e. The first-order chi connectivity index (χ1) is 8.29. The predicted molar refractivity (Wildman–Crippen MR) is 73.2 cm³/mol. The average molecular weight is 248 g/mol. The highest BCUT2D eigenvalue weighted by Crippen LogP contribution is 2.20. The lowest BCUT2D eigenvalue weighted by molar-refractivity contribution is 0.951. The Hall–Kier alpha value is -1.62. The molecule has 0 spiro atoms. The number of aryl methyl sites for hydroxylation is 1. The van der Waals surface area contributed by atoms with Crippen molar-refractivity contribution < 1.29 is 0 Å². The quantitative estimate of drug-likeness (QED) is 0.851. The molecule has 2 rings (SSSR count). The molecule has 2 heterocycles. The normalized spacial score (nSPS) is 10.2. The van der Waals surface area contributed by atoms with Gasteiger partial charge in [-0.05, 0) is 24.8 Å². The van der Waals surface area contributed by atoms with Gasteiger partial charge in [0.05, 0.1) is 5.69 Å². The molecule has 0 atom stereocenters. The minimum absolute atomic E-state index is 0.676. The molecule has 0 aliphatic carbocycles. The summed E-state index contributed by atoms with van der Waals surface area (Å²) in [6.07, 6.45) is 2.89. The van der Waals surface area contributed by atoms with Gasteiger partial charge < -0.3 is 10.6 Å². The summed E-state index contributed by atoms with van der Waals surface area (Å²) >= 11 is 1.66. The van der Waals surface area contributed by atoms with E-state index in [9.17, 15) is 0 Å². The SMILES string of the molecule is CCCNc1ncc(C)c(Nc2ccsc2)n1. The molecule has 0 aliphatic rings. The molecule has 0 radical (unpaired) electrons. The zero-order chi connectivity index (χ0) is 12.1. The Labute approximate surface area is 105 Å². The van der Waals surface area contributed by atoms with Gasteiger partial charge in [0, 0.05) is 23.7 Å². The van der Waals surface area contributed by atoms with Gasteiger partial charge >= 0.3 is 0 Å². The van der Waals surface area contributed by atoms with E-state index in [2.05, 4.69) is 32.9 Å². The fraction of sp³-hybridized carbons (Fsp3) is 0.333. The maximum absolute atomic E-state index is 4.46. The van der Waals surface area contributed by atoms with Crippen molar-refractivity contribution in [1.82, 2.24) is 9.97 Å². The van der Waals surface area contributed by atoms with E-state index >= 15 is 0 Å². The van der Waals surface area contributed by atoms with Crippen molar-refractivity contribution in [2.24, 2.45) is 0 Å². The van der Waals surface area contributed by atoms with Crippen LogP contribution in [-0.4, -0.2) is 16.5 Å². The molecular formula is C12H16N4S. The number of rotatable bonds is 5. The summed E-state index contributed by atoms with van der Waals surface area (Å²) in [5.74, 6) is 1.53. The highest BCUT2D eigenvalue weighted by atomic mass is 32.1. The topological polar surface area (TPSA) is 49.8 Å². The third kappa shape index (κ3) is 3.17. The number of hydrogen-bond acceptors (Lipinski definition) is 5. The maximum atomic E-state index is 4.46. The van der Waals surface area contributed by atoms with Gasteiger partial charge in [0.1, 0.15) is 5.82 Å². The lowest BCUT2D eigenvalue weighted by atomic mass is 10.3. The number of hydrogen-bond donors (Lipinski definition) is 2. The van der Waals surface area contributed by atoms with Crippen LogP contribution in [0, 0.1) is 6.92 Å². The molecule has 0 amide bonds. The van der Waals surface area contributed by atoms with Crippen LogP contribution < -0.4 is 10.6 Å². The molecule has 0 aliphatic heterocycles. The molecule has 2 aromatic heterocycles. The molecule has 5 heteroatoms. The second-order valence-electron chi connectivity index (χ2n) is 3.79. The van der Waals surface area contributed by atoms with E-state index in [0.29, 0.717) is 5.95 Å². The average Bonchev–Trinajstić information content (AvgIpc) is 2.83. The van der Waals surface area contributed by atoms with Gasteiger partial charge in [0.15, 0.2) is 0 Å². The Morgan fingerprint density at radius 1 is 1.41 bits per heavy atom. The van der Waals surface area contributed by atoms with Crippen LogP contribution >= 0.6 is 11.3 Å². The molecule has 4 nitrogen and oxygen atoms in total. The maximum Gasteiger partial charge on any atom is 0.224 e. The first kappa shape index (κ1) is 11.9. The van der Waals surface area contributed by atoms with Crippen LogP contribution in [0.1, 0.15) is 18.9 Å². The highest BCUT2D eigenvalue weighted by Gasteiger charge is 2.04. The standard InChI is InChI=1S/C12H16N4S/c1-3-5-13-12-14-7-9(2)11(16-12)15-10-4-6-17-8-10/h4,6-8H,3,5H2,1-2H3,(H2,13,14,15,16). The Morgan fingerprint density at radius 3 is 3.00 bits per heavy atom. The molecule has 17 heavy (non-hydrogen) atoms. The van der Waals surface area contributed by atoms with Crippen LogP contribution in [0.2, 0.25) is 0 Å². The van der Waals surface area contributed by atoms with Crippen molar-refractivity contribution in [2.45, 2.75) is 20.3 Å². The summed E-state index contributed by atoms with van der Waals surface area (Å²) in [5.41, 5.74) is 2.11. The monoisotopic (exact) mass is 248 g/mol. The molecule has 0 saturated carbocycles. The number of aromatic nitrogens is 2. The van der Waals surface area contributed by atoms with Gasteiger partial charge in [-0.2, -0.15) is 16.3 Å². The van der Waals surface area contributed by atoms with E-state index in [-0.39, 0.29) is 0 Å². The predicted octanol–water partition coefficient (Wildman–Crippen LogP) is 3.41. The lowest BCUT2D eigenvalue weighted by Gasteiger charge is -2.09. The molecule has 0 saturated heterocycles. The molecule has 0 unspecified atom stereocenters. The Morgan fingerprint density at radius 2 is 2.29 bits per heavy atom. The van der Waals surface area contributed by atoms with E-state index in [1.807, 2.05) is 24.6 Å². The summed E-state index contributed by atoms with van der Waals surface area (Å²) in [4.78, 5) is 8.70. The van der Waals surface area contributed by atoms with Crippen LogP contribution in [0.3, 0.4) is 0 Å². The first-order valence-corrected chi connectivity index (χ1v) is 6.60. The molecule has 0 bridgehead atoms. The Bertz CT molecular complexity index is 467. The van der Waals surface area contributed by atoms with E-state index < -0.39 is 0 Å². The minimum atomic E-state index is 0.676. The molecule has 90 valence electrons. The highest BCUT2D eigenvalue weighted by molar-refractivity contribution is 7.08. The van der Waals surface area contributed by atoms with Crippen LogP contribution in [0.4, 0.5) is 17.5 Å². The third-order valence-electron chi connectivity index (χ3n) is 2.29. The Balaban J connectivity index is 2.14. The zero-order valence-electron chi connectivity index (χ0n) is 10.0. The van der Waals surface area contributed by atoms with E-state index in [1.54, 1.807) is 11.3 Å². The molecule has 2 aromatic rings. The van der Waals surface area contributed by atoms with Gasteiger partial charge in [-0.15, -0.1) is 0 Å².